The summed E-state index contributed by atoms with van der Waals surface area (Å²) in [6.07, 6.45) is 6.27. The molecule has 1 aromatic heterocycles. The lowest BCUT2D eigenvalue weighted by Gasteiger charge is -2.34. The largest absolute Gasteiger partial charge is 0.384 e. The second kappa shape index (κ2) is 9.26. The number of hydrogen-bond donors (Lipinski definition) is 0. The molecule has 2 fully saturated rings. The molecule has 2 saturated heterocycles. The summed E-state index contributed by atoms with van der Waals surface area (Å²) in [5, 5.41) is 5.92. The first-order valence-electron chi connectivity index (χ1n) is 9.26. The Morgan fingerprint density at radius 2 is 2.16 bits per heavy atom. The van der Waals surface area contributed by atoms with Crippen molar-refractivity contribution in [1.29, 1.82) is 0 Å². The Morgan fingerprint density at radius 1 is 1.28 bits per heavy atom. The number of rotatable bonds is 7. The lowest BCUT2D eigenvalue weighted by Crippen LogP contribution is -2.41. The number of likely N-dealkylation sites (tertiary alicyclic amines) is 1. The maximum atomic E-state index is 12.7. The number of carbonyl (C=O) groups is 1. The highest BCUT2D eigenvalue weighted by Crippen LogP contribution is 2.30. The summed E-state index contributed by atoms with van der Waals surface area (Å²) in [6, 6.07) is -0.104. The molecule has 2 aliphatic rings. The van der Waals surface area contributed by atoms with Gasteiger partial charge in [-0.25, -0.2) is 0 Å². The van der Waals surface area contributed by atoms with Crippen LogP contribution in [0.2, 0.25) is 0 Å². The number of carbonyl (C=O) groups excluding carboxylic acids is 1. The van der Waals surface area contributed by atoms with Crippen molar-refractivity contribution >= 4 is 5.91 Å². The maximum absolute atomic E-state index is 12.7. The van der Waals surface area contributed by atoms with E-state index in [1.165, 1.54) is 0 Å². The Labute approximate surface area is 148 Å². The number of hydroxylamine groups is 2. The van der Waals surface area contributed by atoms with Crippen molar-refractivity contribution in [2.24, 2.45) is 0 Å². The molecule has 0 radical (unpaired) electrons. The Morgan fingerprint density at radius 3 is 2.96 bits per heavy atom. The van der Waals surface area contributed by atoms with Crippen LogP contribution in [0.3, 0.4) is 0 Å². The highest BCUT2D eigenvalue weighted by molar-refractivity contribution is 5.76. The molecule has 0 spiro atoms. The van der Waals surface area contributed by atoms with Gasteiger partial charge in [0.25, 0.3) is 0 Å². The quantitative estimate of drug-likeness (QED) is 0.739. The van der Waals surface area contributed by atoms with E-state index in [0.717, 1.165) is 51.8 Å². The molecule has 2 aliphatic heterocycles. The summed E-state index contributed by atoms with van der Waals surface area (Å²) in [7, 11) is 1.65. The monoisotopic (exact) mass is 352 g/mol. The molecule has 0 saturated carbocycles. The van der Waals surface area contributed by atoms with E-state index >= 15 is 0 Å². The van der Waals surface area contributed by atoms with Gasteiger partial charge in [0.05, 0.1) is 13.2 Å². The molecular formula is C17H28N4O4. The van der Waals surface area contributed by atoms with Crippen molar-refractivity contribution in [2.75, 3.05) is 40.0 Å². The van der Waals surface area contributed by atoms with Gasteiger partial charge in [-0.05, 0) is 32.1 Å². The molecule has 0 unspecified atom stereocenters. The first kappa shape index (κ1) is 18.3. The second-order valence-electron chi connectivity index (χ2n) is 6.61. The first-order chi connectivity index (χ1) is 12.3. The van der Waals surface area contributed by atoms with Gasteiger partial charge in [0.2, 0.25) is 11.8 Å². The van der Waals surface area contributed by atoms with Crippen LogP contribution in [-0.4, -0.2) is 66.0 Å². The lowest BCUT2D eigenvalue weighted by molar-refractivity contribution is -0.183. The summed E-state index contributed by atoms with van der Waals surface area (Å²) < 4.78 is 10.5. The second-order valence-corrected chi connectivity index (χ2v) is 6.61. The van der Waals surface area contributed by atoms with Crippen LogP contribution < -0.4 is 0 Å². The molecule has 8 nitrogen and oxygen atoms in total. The van der Waals surface area contributed by atoms with Gasteiger partial charge in [0.15, 0.2) is 5.82 Å². The molecule has 25 heavy (non-hydrogen) atoms. The molecule has 8 heteroatoms. The minimum absolute atomic E-state index is 0.104. The van der Waals surface area contributed by atoms with Crippen molar-refractivity contribution in [3.8, 4) is 0 Å². The molecule has 1 amide bonds. The number of ether oxygens (including phenoxy) is 1. The van der Waals surface area contributed by atoms with Crippen molar-refractivity contribution in [2.45, 2.75) is 51.0 Å². The van der Waals surface area contributed by atoms with Crippen molar-refractivity contribution in [1.82, 2.24) is 20.1 Å². The van der Waals surface area contributed by atoms with Crippen LogP contribution in [0.5, 0.6) is 0 Å². The van der Waals surface area contributed by atoms with Crippen molar-refractivity contribution < 1.29 is 18.9 Å². The van der Waals surface area contributed by atoms with E-state index in [9.17, 15) is 4.79 Å². The van der Waals surface area contributed by atoms with Crippen molar-refractivity contribution in [3.05, 3.63) is 11.7 Å². The van der Waals surface area contributed by atoms with E-state index < -0.39 is 0 Å². The number of amides is 1. The Bertz CT molecular complexity index is 545. The zero-order valence-electron chi connectivity index (χ0n) is 15.0. The lowest BCUT2D eigenvalue weighted by atomic mass is 10.0. The number of aromatic nitrogens is 2. The van der Waals surface area contributed by atoms with Crippen LogP contribution in [-0.2, 0) is 20.8 Å². The standard InChI is InChI=1S/C17H28N4O4/c1-23-13-8-15-18-17(25-19-15)14-6-2-3-10-21(14)16(22)7-11-20-9-4-5-12-24-20/h14H,2-13H2,1H3/t14-/m0/s1. The van der Waals surface area contributed by atoms with Crippen LogP contribution in [0.1, 0.15) is 56.3 Å². The van der Waals surface area contributed by atoms with Gasteiger partial charge in [-0.15, -0.1) is 0 Å². The zero-order valence-corrected chi connectivity index (χ0v) is 15.0. The molecule has 3 heterocycles. The van der Waals surface area contributed by atoms with E-state index in [2.05, 4.69) is 10.1 Å². The number of methoxy groups -OCH3 is 1. The molecule has 1 aromatic rings. The Balaban J connectivity index is 1.57. The fraction of sp³-hybridized carbons (Fsp3) is 0.824. The van der Waals surface area contributed by atoms with Crippen LogP contribution in [0, 0.1) is 0 Å². The fourth-order valence-electron chi connectivity index (χ4n) is 3.37. The van der Waals surface area contributed by atoms with Crippen molar-refractivity contribution in [3.63, 3.8) is 0 Å². The first-order valence-corrected chi connectivity index (χ1v) is 9.26. The van der Waals surface area contributed by atoms with Crippen LogP contribution >= 0.6 is 0 Å². The predicted molar refractivity (Wildman–Crippen MR) is 89.6 cm³/mol. The minimum atomic E-state index is -0.104. The van der Waals surface area contributed by atoms with E-state index in [4.69, 9.17) is 14.1 Å². The molecule has 0 aromatic carbocycles. The zero-order chi connectivity index (χ0) is 17.5. The molecule has 3 rings (SSSR count). The topological polar surface area (TPSA) is 80.9 Å². The highest BCUT2D eigenvalue weighted by Gasteiger charge is 2.32. The van der Waals surface area contributed by atoms with Gasteiger partial charge >= 0.3 is 0 Å². The number of hydrogen-bond acceptors (Lipinski definition) is 7. The summed E-state index contributed by atoms with van der Waals surface area (Å²) in [4.78, 5) is 24.7. The molecular weight excluding hydrogens is 324 g/mol. The molecule has 0 aliphatic carbocycles. The Hall–Kier alpha value is -1.51. The molecule has 1 atom stereocenters. The van der Waals surface area contributed by atoms with Crippen LogP contribution in [0.4, 0.5) is 0 Å². The summed E-state index contributed by atoms with van der Waals surface area (Å²) in [5.41, 5.74) is 0. The summed E-state index contributed by atoms with van der Waals surface area (Å²) in [5.74, 6) is 1.32. The van der Waals surface area contributed by atoms with E-state index in [0.29, 0.717) is 37.7 Å². The molecule has 0 bridgehead atoms. The summed E-state index contributed by atoms with van der Waals surface area (Å²) >= 11 is 0. The fourth-order valence-corrected chi connectivity index (χ4v) is 3.37. The normalized spacial score (nSPS) is 22.3. The van der Waals surface area contributed by atoms with Gasteiger partial charge in [0, 0.05) is 39.6 Å². The molecule has 0 N–H and O–H groups in total. The Kier molecular flexibility index (Phi) is 6.77. The number of piperidine rings is 1. The van der Waals surface area contributed by atoms with Crippen LogP contribution in [0.25, 0.3) is 0 Å². The SMILES string of the molecule is COCCc1noc([C@@H]2CCCCN2C(=O)CCN2CCCCO2)n1. The van der Waals surface area contributed by atoms with Gasteiger partial charge < -0.3 is 14.2 Å². The van der Waals surface area contributed by atoms with Gasteiger partial charge in [-0.1, -0.05) is 5.16 Å². The number of nitrogens with zero attached hydrogens (tertiary/aromatic N) is 4. The third-order valence-electron chi connectivity index (χ3n) is 4.77. The molecule has 140 valence electrons. The average molecular weight is 352 g/mol. The highest BCUT2D eigenvalue weighted by atomic mass is 16.7. The maximum Gasteiger partial charge on any atom is 0.249 e. The van der Waals surface area contributed by atoms with Crippen LogP contribution in [0.15, 0.2) is 4.52 Å². The minimum Gasteiger partial charge on any atom is -0.384 e. The predicted octanol–water partition coefficient (Wildman–Crippen LogP) is 1.73. The third kappa shape index (κ3) is 4.99. The van der Waals surface area contributed by atoms with E-state index in [1.54, 1.807) is 7.11 Å². The van der Waals surface area contributed by atoms with Gasteiger partial charge in [-0.2, -0.15) is 10.0 Å². The smallest absolute Gasteiger partial charge is 0.249 e. The third-order valence-corrected chi connectivity index (χ3v) is 4.77. The van der Waals surface area contributed by atoms with E-state index in [-0.39, 0.29) is 11.9 Å². The van der Waals surface area contributed by atoms with E-state index in [1.807, 2.05) is 9.96 Å². The average Bonchev–Trinajstić information content (AvgIpc) is 3.14. The van der Waals surface area contributed by atoms with Gasteiger partial charge in [0.1, 0.15) is 6.04 Å². The van der Waals surface area contributed by atoms with Gasteiger partial charge in [-0.3, -0.25) is 9.63 Å². The summed E-state index contributed by atoms with van der Waals surface area (Å²) in [6.45, 7) is 3.61.